The number of anilines is 1. The van der Waals surface area contributed by atoms with E-state index in [9.17, 15) is 8.42 Å². The van der Waals surface area contributed by atoms with E-state index in [0.29, 0.717) is 11.3 Å². The molecular weight excluding hydrogens is 362 g/mol. The van der Waals surface area contributed by atoms with E-state index in [1.54, 1.807) is 19.9 Å². The standard InChI is InChI=1S/C12H14BrN3O4S/c1-8-9(2)20-15-12(8)16(7-19-3)21(17,18)10-5-4-6-14-11(10)13/h4-6H,7H2,1-3H3. The maximum absolute atomic E-state index is 12.8. The van der Waals surface area contributed by atoms with Gasteiger partial charge in [-0.2, -0.15) is 0 Å². The van der Waals surface area contributed by atoms with E-state index in [0.717, 1.165) is 4.31 Å². The third-order valence-corrected chi connectivity index (χ3v) is 5.55. The molecule has 0 unspecified atom stereocenters. The molecule has 2 aromatic rings. The maximum Gasteiger partial charge on any atom is 0.270 e. The Bertz CT molecular complexity index is 745. The van der Waals surface area contributed by atoms with E-state index in [-0.39, 0.29) is 22.0 Å². The number of hydrogen-bond donors (Lipinski definition) is 0. The van der Waals surface area contributed by atoms with Crippen LogP contribution in [0.2, 0.25) is 0 Å². The van der Waals surface area contributed by atoms with Crippen LogP contribution in [0.5, 0.6) is 0 Å². The summed E-state index contributed by atoms with van der Waals surface area (Å²) in [6, 6.07) is 3.00. The average molecular weight is 376 g/mol. The molecule has 114 valence electrons. The highest BCUT2D eigenvalue weighted by molar-refractivity contribution is 9.10. The lowest BCUT2D eigenvalue weighted by atomic mass is 10.3. The van der Waals surface area contributed by atoms with Crippen LogP contribution in [0.25, 0.3) is 0 Å². The van der Waals surface area contributed by atoms with Crippen molar-refractivity contribution < 1.29 is 17.7 Å². The predicted molar refractivity (Wildman–Crippen MR) is 79.5 cm³/mol. The highest BCUT2D eigenvalue weighted by Crippen LogP contribution is 2.29. The van der Waals surface area contributed by atoms with Gasteiger partial charge in [-0.05, 0) is 41.9 Å². The molecular formula is C12H14BrN3O4S. The predicted octanol–water partition coefficient (Wildman–Crippen LogP) is 2.25. The minimum absolute atomic E-state index is 0.0297. The molecule has 0 aliphatic heterocycles. The summed E-state index contributed by atoms with van der Waals surface area (Å²) in [6.45, 7) is 3.26. The Morgan fingerprint density at radius 2 is 2.14 bits per heavy atom. The molecule has 21 heavy (non-hydrogen) atoms. The Kier molecular flexibility index (Phi) is 4.64. The van der Waals surface area contributed by atoms with Crippen molar-refractivity contribution in [2.75, 3.05) is 18.1 Å². The summed E-state index contributed by atoms with van der Waals surface area (Å²) in [5.41, 5.74) is 0.635. The first-order valence-electron chi connectivity index (χ1n) is 5.94. The molecule has 0 N–H and O–H groups in total. The van der Waals surface area contributed by atoms with Crippen LogP contribution in [0.3, 0.4) is 0 Å². The number of aromatic nitrogens is 2. The number of sulfonamides is 1. The maximum atomic E-state index is 12.8. The summed E-state index contributed by atoms with van der Waals surface area (Å²) in [6.07, 6.45) is 1.50. The minimum Gasteiger partial charge on any atom is -0.363 e. The highest BCUT2D eigenvalue weighted by Gasteiger charge is 2.31. The first-order chi connectivity index (χ1) is 9.89. The lowest BCUT2D eigenvalue weighted by Crippen LogP contribution is -2.34. The Labute approximate surface area is 131 Å². The van der Waals surface area contributed by atoms with Gasteiger partial charge in [-0.3, -0.25) is 0 Å². The zero-order valence-electron chi connectivity index (χ0n) is 11.7. The van der Waals surface area contributed by atoms with Crippen molar-refractivity contribution in [3.05, 3.63) is 34.3 Å². The van der Waals surface area contributed by atoms with E-state index < -0.39 is 10.0 Å². The highest BCUT2D eigenvalue weighted by atomic mass is 79.9. The number of ether oxygens (including phenoxy) is 1. The minimum atomic E-state index is -3.88. The molecule has 0 amide bonds. The third-order valence-electron chi connectivity index (χ3n) is 2.91. The normalized spacial score (nSPS) is 11.6. The number of hydrogen-bond acceptors (Lipinski definition) is 6. The zero-order valence-corrected chi connectivity index (χ0v) is 14.1. The number of pyridine rings is 1. The van der Waals surface area contributed by atoms with Crippen molar-refractivity contribution in [2.24, 2.45) is 0 Å². The fourth-order valence-corrected chi connectivity index (χ4v) is 3.94. The van der Waals surface area contributed by atoms with Gasteiger partial charge in [-0.25, -0.2) is 17.7 Å². The van der Waals surface area contributed by atoms with Crippen LogP contribution < -0.4 is 4.31 Å². The van der Waals surface area contributed by atoms with Crippen molar-refractivity contribution in [1.82, 2.24) is 10.1 Å². The second-order valence-corrected chi connectivity index (χ2v) is 6.83. The van der Waals surface area contributed by atoms with Crippen LogP contribution in [-0.2, 0) is 14.8 Å². The summed E-state index contributed by atoms with van der Waals surface area (Å²) in [4.78, 5) is 3.97. The Morgan fingerprint density at radius 3 is 2.67 bits per heavy atom. The summed E-state index contributed by atoms with van der Waals surface area (Å²) in [7, 11) is -2.47. The Morgan fingerprint density at radius 1 is 1.43 bits per heavy atom. The van der Waals surface area contributed by atoms with E-state index in [1.165, 1.54) is 19.4 Å². The van der Waals surface area contributed by atoms with Crippen molar-refractivity contribution in [3.8, 4) is 0 Å². The first kappa shape index (κ1) is 15.9. The second kappa shape index (κ2) is 6.12. The van der Waals surface area contributed by atoms with Crippen molar-refractivity contribution in [1.29, 1.82) is 0 Å². The monoisotopic (exact) mass is 375 g/mol. The average Bonchev–Trinajstić information content (AvgIpc) is 2.76. The van der Waals surface area contributed by atoms with Crippen molar-refractivity contribution in [2.45, 2.75) is 18.7 Å². The van der Waals surface area contributed by atoms with E-state index >= 15 is 0 Å². The molecule has 0 atom stereocenters. The zero-order chi connectivity index (χ0) is 15.6. The quantitative estimate of drug-likeness (QED) is 0.588. The molecule has 7 nitrogen and oxygen atoms in total. The lowest BCUT2D eigenvalue weighted by molar-refractivity contribution is 0.208. The van der Waals surface area contributed by atoms with Gasteiger partial charge in [0.05, 0.1) is 0 Å². The summed E-state index contributed by atoms with van der Waals surface area (Å²) >= 11 is 3.15. The van der Waals surface area contributed by atoms with Gasteiger partial charge in [-0.15, -0.1) is 0 Å². The molecule has 0 aromatic carbocycles. The second-order valence-electron chi connectivity index (χ2n) is 4.25. The molecule has 0 radical (unpaired) electrons. The topological polar surface area (TPSA) is 85.5 Å². The number of methoxy groups -OCH3 is 1. The SMILES string of the molecule is COCN(c1noc(C)c1C)S(=O)(=O)c1cccnc1Br. The molecule has 0 saturated heterocycles. The molecule has 0 aliphatic carbocycles. The number of aryl methyl sites for hydroxylation is 1. The summed E-state index contributed by atoms with van der Waals surface area (Å²) in [5, 5.41) is 3.81. The lowest BCUT2D eigenvalue weighted by Gasteiger charge is -2.21. The molecule has 2 heterocycles. The number of rotatable bonds is 5. The van der Waals surface area contributed by atoms with Crippen LogP contribution in [0.4, 0.5) is 5.82 Å². The van der Waals surface area contributed by atoms with Gasteiger partial charge in [0.1, 0.15) is 22.0 Å². The summed E-state index contributed by atoms with van der Waals surface area (Å²) in [5.74, 6) is 0.747. The Balaban J connectivity index is 2.57. The number of halogens is 1. The number of nitrogens with zero attached hydrogens (tertiary/aromatic N) is 3. The van der Waals surface area contributed by atoms with Crippen LogP contribution in [0.15, 0.2) is 32.4 Å². The van der Waals surface area contributed by atoms with Crippen molar-refractivity contribution in [3.63, 3.8) is 0 Å². The van der Waals surface area contributed by atoms with E-state index in [1.807, 2.05) is 0 Å². The Hall–Kier alpha value is -1.45. The fourth-order valence-electron chi connectivity index (χ4n) is 1.68. The molecule has 9 heteroatoms. The summed E-state index contributed by atoms with van der Waals surface area (Å²) < 4.78 is 36.9. The molecule has 0 fully saturated rings. The molecule has 2 rings (SSSR count). The van der Waals surface area contributed by atoms with Gasteiger partial charge in [0.25, 0.3) is 10.0 Å². The van der Waals surface area contributed by atoms with Crippen molar-refractivity contribution >= 4 is 31.8 Å². The molecule has 0 spiro atoms. The van der Waals surface area contributed by atoms with Crippen LogP contribution in [0.1, 0.15) is 11.3 Å². The van der Waals surface area contributed by atoms with Gasteiger partial charge in [-0.1, -0.05) is 5.16 Å². The van der Waals surface area contributed by atoms with E-state index in [2.05, 4.69) is 26.1 Å². The van der Waals surface area contributed by atoms with Gasteiger partial charge < -0.3 is 9.26 Å². The van der Waals surface area contributed by atoms with Crippen LogP contribution in [0, 0.1) is 13.8 Å². The van der Waals surface area contributed by atoms with Gasteiger partial charge in [0, 0.05) is 18.9 Å². The van der Waals surface area contributed by atoms with E-state index in [4.69, 9.17) is 9.26 Å². The van der Waals surface area contributed by atoms with Crippen LogP contribution in [-0.4, -0.2) is 32.4 Å². The van der Waals surface area contributed by atoms with Gasteiger partial charge in [0.2, 0.25) is 0 Å². The van der Waals surface area contributed by atoms with Crippen LogP contribution >= 0.6 is 15.9 Å². The molecule has 0 aliphatic rings. The van der Waals surface area contributed by atoms with Gasteiger partial charge in [0.15, 0.2) is 5.82 Å². The largest absolute Gasteiger partial charge is 0.363 e. The molecule has 2 aromatic heterocycles. The molecule has 0 saturated carbocycles. The smallest absolute Gasteiger partial charge is 0.270 e. The first-order valence-corrected chi connectivity index (χ1v) is 8.18. The third kappa shape index (κ3) is 2.94. The van der Waals surface area contributed by atoms with Gasteiger partial charge >= 0.3 is 0 Å². The molecule has 0 bridgehead atoms. The fraction of sp³-hybridized carbons (Fsp3) is 0.333.